The number of nitrogens with zero attached hydrogens (tertiary/aromatic N) is 2. The van der Waals surface area contributed by atoms with Crippen LogP contribution in [0.1, 0.15) is 12.0 Å². The zero-order chi connectivity index (χ0) is 11.2. The van der Waals surface area contributed by atoms with E-state index >= 15 is 0 Å². The van der Waals surface area contributed by atoms with Gasteiger partial charge in [-0.25, -0.2) is 4.68 Å². The highest BCUT2D eigenvalue weighted by molar-refractivity contribution is 5.41. The molecule has 16 heavy (non-hydrogen) atoms. The first-order valence-electron chi connectivity index (χ1n) is 5.19. The molecular formula is C13H13N3. The van der Waals surface area contributed by atoms with Crippen molar-refractivity contribution in [2.45, 2.75) is 6.42 Å². The van der Waals surface area contributed by atoms with Crippen molar-refractivity contribution in [2.75, 3.05) is 6.54 Å². The van der Waals surface area contributed by atoms with E-state index in [2.05, 4.69) is 16.9 Å². The van der Waals surface area contributed by atoms with Crippen LogP contribution in [-0.2, 0) is 0 Å². The van der Waals surface area contributed by atoms with Gasteiger partial charge >= 0.3 is 0 Å². The SMILES string of the molecule is NCCC#Cc1ccc(-n2cccn2)cc1. The number of nitrogens with two attached hydrogens (primary N) is 1. The summed E-state index contributed by atoms with van der Waals surface area (Å²) >= 11 is 0. The van der Waals surface area contributed by atoms with Gasteiger partial charge in [0, 0.05) is 30.9 Å². The molecule has 1 aromatic heterocycles. The lowest BCUT2D eigenvalue weighted by molar-refractivity contribution is 0.880. The van der Waals surface area contributed by atoms with E-state index in [1.807, 2.05) is 41.2 Å². The standard InChI is InChI=1S/C13H13N3/c14-9-2-1-4-12-5-7-13(8-6-12)16-11-3-10-15-16/h3,5-8,10-11H,2,9,14H2. The summed E-state index contributed by atoms with van der Waals surface area (Å²) in [7, 11) is 0. The molecule has 0 atom stereocenters. The highest BCUT2D eigenvalue weighted by Crippen LogP contribution is 2.07. The third kappa shape index (κ3) is 2.50. The molecule has 0 amide bonds. The molecule has 0 aliphatic carbocycles. The van der Waals surface area contributed by atoms with Crippen molar-refractivity contribution < 1.29 is 0 Å². The molecule has 3 heteroatoms. The Labute approximate surface area is 94.9 Å². The first-order chi connectivity index (χ1) is 7.90. The molecule has 0 saturated heterocycles. The van der Waals surface area contributed by atoms with Gasteiger partial charge in [-0.2, -0.15) is 5.10 Å². The van der Waals surface area contributed by atoms with E-state index in [1.165, 1.54) is 0 Å². The normalized spacial score (nSPS) is 9.56. The summed E-state index contributed by atoms with van der Waals surface area (Å²) in [6, 6.07) is 9.87. The van der Waals surface area contributed by atoms with Crippen molar-refractivity contribution in [2.24, 2.45) is 5.73 Å². The van der Waals surface area contributed by atoms with Crippen LogP contribution in [0.25, 0.3) is 5.69 Å². The predicted octanol–water partition coefficient (Wildman–Crippen LogP) is 1.57. The number of benzene rings is 1. The van der Waals surface area contributed by atoms with Crippen molar-refractivity contribution in [1.29, 1.82) is 0 Å². The molecule has 2 rings (SSSR count). The lowest BCUT2D eigenvalue weighted by atomic mass is 10.2. The van der Waals surface area contributed by atoms with Crippen LogP contribution in [0.15, 0.2) is 42.7 Å². The van der Waals surface area contributed by atoms with Gasteiger partial charge < -0.3 is 5.73 Å². The zero-order valence-electron chi connectivity index (χ0n) is 8.93. The highest BCUT2D eigenvalue weighted by atomic mass is 15.3. The first kappa shape index (κ1) is 10.5. The maximum atomic E-state index is 5.37. The fraction of sp³-hybridized carbons (Fsp3) is 0.154. The lowest BCUT2D eigenvalue weighted by Crippen LogP contribution is -1.95. The van der Waals surface area contributed by atoms with Crippen LogP contribution in [0, 0.1) is 11.8 Å². The molecule has 0 aliphatic heterocycles. The number of aromatic nitrogens is 2. The van der Waals surface area contributed by atoms with Gasteiger partial charge in [0.1, 0.15) is 0 Å². The van der Waals surface area contributed by atoms with Crippen LogP contribution in [0.4, 0.5) is 0 Å². The predicted molar refractivity (Wildman–Crippen MR) is 64.1 cm³/mol. The van der Waals surface area contributed by atoms with E-state index in [0.29, 0.717) is 6.54 Å². The Morgan fingerprint density at radius 3 is 2.69 bits per heavy atom. The summed E-state index contributed by atoms with van der Waals surface area (Å²) < 4.78 is 1.82. The first-order valence-corrected chi connectivity index (χ1v) is 5.19. The van der Waals surface area contributed by atoms with Gasteiger partial charge in [0.05, 0.1) is 5.69 Å². The van der Waals surface area contributed by atoms with Crippen LogP contribution in [0.2, 0.25) is 0 Å². The fourth-order valence-electron chi connectivity index (χ4n) is 1.36. The number of hydrogen-bond acceptors (Lipinski definition) is 2. The minimum Gasteiger partial charge on any atom is -0.330 e. The quantitative estimate of drug-likeness (QED) is 0.766. The van der Waals surface area contributed by atoms with Crippen LogP contribution < -0.4 is 5.73 Å². The summed E-state index contributed by atoms with van der Waals surface area (Å²) in [6.07, 6.45) is 4.41. The van der Waals surface area contributed by atoms with E-state index in [-0.39, 0.29) is 0 Å². The molecule has 0 bridgehead atoms. The Balaban J connectivity index is 2.15. The van der Waals surface area contributed by atoms with Gasteiger partial charge in [0.15, 0.2) is 0 Å². The molecular weight excluding hydrogens is 198 g/mol. The molecule has 0 fully saturated rings. The summed E-state index contributed by atoms with van der Waals surface area (Å²) in [6.45, 7) is 0.609. The molecule has 80 valence electrons. The Hall–Kier alpha value is -2.05. The van der Waals surface area contributed by atoms with Gasteiger partial charge in [-0.3, -0.25) is 0 Å². The largest absolute Gasteiger partial charge is 0.330 e. The smallest absolute Gasteiger partial charge is 0.0646 e. The lowest BCUT2D eigenvalue weighted by Gasteiger charge is -2.00. The van der Waals surface area contributed by atoms with Crippen LogP contribution >= 0.6 is 0 Å². The Morgan fingerprint density at radius 2 is 2.06 bits per heavy atom. The van der Waals surface area contributed by atoms with Gasteiger partial charge in [0.25, 0.3) is 0 Å². The highest BCUT2D eigenvalue weighted by Gasteiger charge is 1.94. The second-order valence-electron chi connectivity index (χ2n) is 3.34. The van der Waals surface area contributed by atoms with E-state index < -0.39 is 0 Å². The average Bonchev–Trinajstić information content (AvgIpc) is 2.84. The molecule has 2 N–H and O–H groups in total. The summed E-state index contributed by atoms with van der Waals surface area (Å²) in [5.74, 6) is 6.07. The third-order valence-electron chi connectivity index (χ3n) is 2.14. The third-order valence-corrected chi connectivity index (χ3v) is 2.14. The van der Waals surface area contributed by atoms with Crippen LogP contribution in [0.5, 0.6) is 0 Å². The van der Waals surface area contributed by atoms with E-state index in [9.17, 15) is 0 Å². The van der Waals surface area contributed by atoms with Crippen LogP contribution in [0.3, 0.4) is 0 Å². The van der Waals surface area contributed by atoms with Crippen molar-refractivity contribution in [3.63, 3.8) is 0 Å². The van der Waals surface area contributed by atoms with Gasteiger partial charge in [-0.1, -0.05) is 11.8 Å². The second-order valence-corrected chi connectivity index (χ2v) is 3.34. The maximum Gasteiger partial charge on any atom is 0.0646 e. The Morgan fingerprint density at radius 1 is 1.25 bits per heavy atom. The topological polar surface area (TPSA) is 43.8 Å². The zero-order valence-corrected chi connectivity index (χ0v) is 8.93. The Kier molecular flexibility index (Phi) is 3.37. The molecule has 3 nitrogen and oxygen atoms in total. The van der Waals surface area contributed by atoms with Crippen LogP contribution in [-0.4, -0.2) is 16.3 Å². The van der Waals surface area contributed by atoms with E-state index in [0.717, 1.165) is 17.7 Å². The van der Waals surface area contributed by atoms with Crippen molar-refractivity contribution in [3.05, 3.63) is 48.3 Å². The average molecular weight is 211 g/mol. The van der Waals surface area contributed by atoms with E-state index in [4.69, 9.17) is 5.73 Å². The number of hydrogen-bond donors (Lipinski definition) is 1. The monoisotopic (exact) mass is 211 g/mol. The summed E-state index contributed by atoms with van der Waals surface area (Å²) in [4.78, 5) is 0. The van der Waals surface area contributed by atoms with Gasteiger partial charge in [-0.05, 0) is 30.3 Å². The summed E-state index contributed by atoms with van der Waals surface area (Å²) in [5.41, 5.74) is 7.41. The fourth-order valence-corrected chi connectivity index (χ4v) is 1.36. The summed E-state index contributed by atoms with van der Waals surface area (Å²) in [5, 5.41) is 4.16. The van der Waals surface area contributed by atoms with Crippen molar-refractivity contribution in [3.8, 4) is 17.5 Å². The van der Waals surface area contributed by atoms with Gasteiger partial charge in [-0.15, -0.1) is 0 Å². The van der Waals surface area contributed by atoms with Crippen molar-refractivity contribution >= 4 is 0 Å². The minimum absolute atomic E-state index is 0.609. The minimum atomic E-state index is 0.609. The second kappa shape index (κ2) is 5.15. The Bertz CT molecular complexity index is 486. The molecule has 0 spiro atoms. The molecule has 0 unspecified atom stereocenters. The molecule has 1 heterocycles. The molecule has 1 aromatic carbocycles. The van der Waals surface area contributed by atoms with Gasteiger partial charge in [0.2, 0.25) is 0 Å². The maximum absolute atomic E-state index is 5.37. The molecule has 0 saturated carbocycles. The van der Waals surface area contributed by atoms with Crippen molar-refractivity contribution in [1.82, 2.24) is 9.78 Å². The number of rotatable bonds is 2. The molecule has 2 aromatic rings. The molecule has 0 aliphatic rings. The van der Waals surface area contributed by atoms with E-state index in [1.54, 1.807) is 6.20 Å². The molecule has 0 radical (unpaired) electrons.